The molecule has 0 bridgehead atoms. The number of ether oxygens (including phenoxy) is 1. The summed E-state index contributed by atoms with van der Waals surface area (Å²) in [4.78, 5) is 18.4. The van der Waals surface area contributed by atoms with Gasteiger partial charge in [-0.1, -0.05) is 12.1 Å². The molecule has 2 fully saturated rings. The lowest BCUT2D eigenvalue weighted by Gasteiger charge is -2.42. The molecule has 11 heteroatoms. The average Bonchev–Trinajstić information content (AvgIpc) is 3.76. The molecule has 0 amide bonds. The van der Waals surface area contributed by atoms with Crippen LogP contribution in [-0.4, -0.2) is 90.2 Å². The smallest absolute Gasteiger partial charge is 0.157 e. The molecule has 6 aromatic rings. The molecule has 1 saturated carbocycles. The number of nitrogens with zero attached hydrogens (tertiary/aromatic N) is 7. The summed E-state index contributed by atoms with van der Waals surface area (Å²) in [6, 6.07) is 19.5. The molecule has 0 spiro atoms. The van der Waals surface area contributed by atoms with Gasteiger partial charge in [0.1, 0.15) is 5.75 Å². The highest BCUT2D eigenvalue weighted by Crippen LogP contribution is 2.34. The fourth-order valence-electron chi connectivity index (χ4n) is 7.51. The first kappa shape index (κ1) is 31.4. The van der Waals surface area contributed by atoms with E-state index in [-0.39, 0.29) is 12.3 Å². The third kappa shape index (κ3) is 6.74. The number of anilines is 1. The fraction of sp³-hybridized carbons (Fsp3) is 0.368. The summed E-state index contributed by atoms with van der Waals surface area (Å²) >= 11 is 0. The summed E-state index contributed by atoms with van der Waals surface area (Å²) in [7, 11) is 1.69. The van der Waals surface area contributed by atoms with Crippen LogP contribution in [-0.2, 0) is 13.0 Å². The summed E-state index contributed by atoms with van der Waals surface area (Å²) in [5.41, 5.74) is 7.69. The molecule has 0 radical (unpaired) electrons. The van der Waals surface area contributed by atoms with Crippen molar-refractivity contribution in [3.8, 4) is 16.9 Å². The largest absolute Gasteiger partial charge is 0.496 e. The van der Waals surface area contributed by atoms with Crippen LogP contribution in [0.5, 0.6) is 5.75 Å². The van der Waals surface area contributed by atoms with Crippen LogP contribution in [0.15, 0.2) is 85.7 Å². The Kier molecular flexibility index (Phi) is 8.95. The maximum Gasteiger partial charge on any atom is 0.157 e. The van der Waals surface area contributed by atoms with E-state index in [1.807, 2.05) is 31.0 Å². The number of hydrogen-bond donors (Lipinski definition) is 3. The Hall–Kier alpha value is -4.84. The number of fused-ring (bicyclic) bond motifs is 2. The topological polar surface area (TPSA) is 120 Å². The molecule has 2 aliphatic rings. The number of piperazine rings is 1. The van der Waals surface area contributed by atoms with Crippen molar-refractivity contribution in [3.05, 3.63) is 96.8 Å². The molecule has 1 unspecified atom stereocenters. The van der Waals surface area contributed by atoms with Crippen molar-refractivity contribution in [2.75, 3.05) is 38.6 Å². The standard InChI is InChI=1S/C38H43N9O2/c1-49-36-12-16-40-22-32(36)28-3-8-33-31(21-28)38(44-43-33)42-37-24-45(17-13-26-10-14-39-15-11-26)18-19-46(37)23-27-2-9-35-34(20-27)41-25-47(35)29-4-6-30(48)7-5-29/h2-3,8-12,14-16,20-22,25,29-30,37,48H,4-7,13,17-19,23-24H2,1H3,(H2,42,43,44)/t29-,30-,37?. The zero-order chi connectivity index (χ0) is 33.2. The molecule has 1 atom stereocenters. The van der Waals surface area contributed by atoms with Crippen molar-refractivity contribution >= 4 is 27.8 Å². The van der Waals surface area contributed by atoms with Gasteiger partial charge in [0.25, 0.3) is 0 Å². The van der Waals surface area contributed by atoms with Crippen molar-refractivity contribution in [3.63, 3.8) is 0 Å². The van der Waals surface area contributed by atoms with Gasteiger partial charge in [0, 0.05) is 74.5 Å². The van der Waals surface area contributed by atoms with Gasteiger partial charge in [-0.25, -0.2) is 4.98 Å². The molecule has 1 saturated heterocycles. The van der Waals surface area contributed by atoms with E-state index in [0.29, 0.717) is 6.04 Å². The normalized spacial score (nSPS) is 20.6. The number of methoxy groups -OCH3 is 1. The Bertz CT molecular complexity index is 2020. The fourth-order valence-corrected chi connectivity index (χ4v) is 7.51. The summed E-state index contributed by atoms with van der Waals surface area (Å²) in [6.07, 6.45) is 13.9. The van der Waals surface area contributed by atoms with Crippen LogP contribution in [0.4, 0.5) is 5.82 Å². The van der Waals surface area contributed by atoms with E-state index in [2.05, 4.69) is 83.3 Å². The second-order valence-corrected chi connectivity index (χ2v) is 13.4. The van der Waals surface area contributed by atoms with E-state index in [1.54, 1.807) is 13.3 Å². The minimum atomic E-state index is -0.165. The number of aromatic amines is 1. The van der Waals surface area contributed by atoms with E-state index in [0.717, 1.165) is 104 Å². The highest BCUT2D eigenvalue weighted by Gasteiger charge is 2.29. The number of benzene rings is 2. The Labute approximate surface area is 286 Å². The third-order valence-corrected chi connectivity index (χ3v) is 10.3. The van der Waals surface area contributed by atoms with Gasteiger partial charge in [0.15, 0.2) is 5.82 Å². The maximum atomic E-state index is 10.0. The number of pyridine rings is 2. The van der Waals surface area contributed by atoms with Gasteiger partial charge in [-0.3, -0.25) is 24.9 Å². The number of hydrogen-bond acceptors (Lipinski definition) is 9. The maximum absolute atomic E-state index is 10.0. The van der Waals surface area contributed by atoms with Crippen LogP contribution >= 0.6 is 0 Å². The number of aromatic nitrogens is 6. The number of aliphatic hydroxyl groups is 1. The van der Waals surface area contributed by atoms with Crippen LogP contribution in [0.3, 0.4) is 0 Å². The van der Waals surface area contributed by atoms with Crippen LogP contribution in [0.1, 0.15) is 42.9 Å². The van der Waals surface area contributed by atoms with Gasteiger partial charge in [0.05, 0.1) is 42.3 Å². The van der Waals surface area contributed by atoms with Crippen LogP contribution in [0, 0.1) is 0 Å². The zero-order valence-electron chi connectivity index (χ0n) is 27.9. The average molecular weight is 658 g/mol. The van der Waals surface area contributed by atoms with Crippen molar-refractivity contribution in [1.29, 1.82) is 0 Å². The Balaban J connectivity index is 1.05. The molecule has 2 aromatic carbocycles. The summed E-state index contributed by atoms with van der Waals surface area (Å²) in [6.45, 7) is 4.55. The first-order valence-electron chi connectivity index (χ1n) is 17.3. The van der Waals surface area contributed by atoms with E-state index < -0.39 is 0 Å². The predicted octanol–water partition coefficient (Wildman–Crippen LogP) is 5.65. The summed E-state index contributed by atoms with van der Waals surface area (Å²) < 4.78 is 7.95. The predicted molar refractivity (Wildman–Crippen MR) is 191 cm³/mol. The second-order valence-electron chi connectivity index (χ2n) is 13.4. The molecule has 3 N–H and O–H groups in total. The van der Waals surface area contributed by atoms with Gasteiger partial charge >= 0.3 is 0 Å². The lowest BCUT2D eigenvalue weighted by molar-refractivity contribution is 0.0828. The number of nitrogens with one attached hydrogen (secondary N) is 2. The van der Waals surface area contributed by atoms with Crippen molar-refractivity contribution < 1.29 is 9.84 Å². The first-order valence-corrected chi connectivity index (χ1v) is 17.3. The van der Waals surface area contributed by atoms with Crippen LogP contribution < -0.4 is 10.1 Å². The monoisotopic (exact) mass is 657 g/mol. The lowest BCUT2D eigenvalue weighted by atomic mass is 9.93. The highest BCUT2D eigenvalue weighted by atomic mass is 16.5. The van der Waals surface area contributed by atoms with Gasteiger partial charge in [0.2, 0.25) is 0 Å². The number of imidazole rings is 1. The van der Waals surface area contributed by atoms with E-state index in [1.165, 1.54) is 16.6 Å². The van der Waals surface area contributed by atoms with Gasteiger partial charge in [-0.05, 0) is 91.3 Å². The molecule has 11 nitrogen and oxygen atoms in total. The van der Waals surface area contributed by atoms with Crippen molar-refractivity contribution in [2.45, 2.75) is 57.0 Å². The molecule has 1 aliphatic heterocycles. The molecule has 49 heavy (non-hydrogen) atoms. The quantitative estimate of drug-likeness (QED) is 0.172. The molecular weight excluding hydrogens is 614 g/mol. The van der Waals surface area contributed by atoms with E-state index >= 15 is 0 Å². The number of H-pyrrole nitrogens is 1. The number of aliphatic hydroxyl groups excluding tert-OH is 1. The highest BCUT2D eigenvalue weighted by molar-refractivity contribution is 5.93. The molecular formula is C38H43N9O2. The zero-order valence-corrected chi connectivity index (χ0v) is 27.9. The lowest BCUT2D eigenvalue weighted by Crippen LogP contribution is -2.56. The van der Waals surface area contributed by atoms with E-state index in [4.69, 9.17) is 14.8 Å². The van der Waals surface area contributed by atoms with Crippen molar-refractivity contribution in [1.82, 2.24) is 39.5 Å². The molecule has 5 heterocycles. The summed E-state index contributed by atoms with van der Waals surface area (Å²) in [5.74, 6) is 1.62. The van der Waals surface area contributed by atoms with Crippen LogP contribution in [0.25, 0.3) is 33.1 Å². The third-order valence-electron chi connectivity index (χ3n) is 10.3. The Morgan fingerprint density at radius 2 is 1.80 bits per heavy atom. The molecule has 4 aromatic heterocycles. The second kappa shape index (κ2) is 13.9. The summed E-state index contributed by atoms with van der Waals surface area (Å²) in [5, 5.41) is 22.9. The molecule has 1 aliphatic carbocycles. The molecule has 252 valence electrons. The number of rotatable bonds is 10. The molecule has 8 rings (SSSR count). The van der Waals surface area contributed by atoms with Gasteiger partial charge in [-0.2, -0.15) is 5.10 Å². The minimum Gasteiger partial charge on any atom is -0.496 e. The van der Waals surface area contributed by atoms with E-state index in [9.17, 15) is 5.11 Å². The minimum absolute atomic E-state index is 0.0381. The van der Waals surface area contributed by atoms with Crippen molar-refractivity contribution in [2.24, 2.45) is 0 Å². The Morgan fingerprint density at radius 3 is 2.65 bits per heavy atom. The Morgan fingerprint density at radius 1 is 0.939 bits per heavy atom. The first-order chi connectivity index (χ1) is 24.1. The SMILES string of the molecule is COc1ccncc1-c1ccc2[nH]nc(NC3CN(CCc4ccncc4)CCN3Cc3ccc4c(c3)ncn4[C@H]3CC[C@H](O)CC3)c2c1. The van der Waals surface area contributed by atoms with Gasteiger partial charge in [-0.15, -0.1) is 0 Å². The van der Waals surface area contributed by atoms with Crippen LogP contribution in [0.2, 0.25) is 0 Å². The van der Waals surface area contributed by atoms with Gasteiger partial charge < -0.3 is 19.7 Å².